The third-order valence-corrected chi connectivity index (χ3v) is 2.58. The molecule has 0 saturated heterocycles. The Balaban J connectivity index is 3.39. The van der Waals surface area contributed by atoms with Gasteiger partial charge in [-0.15, -0.1) is 0 Å². The van der Waals surface area contributed by atoms with Gasteiger partial charge in [-0.3, -0.25) is 0 Å². The summed E-state index contributed by atoms with van der Waals surface area (Å²) in [5, 5.41) is 3.54. The van der Waals surface area contributed by atoms with Crippen molar-refractivity contribution in [1.82, 2.24) is 5.32 Å². The maximum atomic E-state index is 3.54. The highest BCUT2D eigenvalue weighted by atomic mass is 14.9. The molecule has 0 amide bonds. The van der Waals surface area contributed by atoms with Crippen molar-refractivity contribution in [3.63, 3.8) is 0 Å². The minimum atomic E-state index is 0.691. The molecule has 0 spiro atoms. The summed E-state index contributed by atoms with van der Waals surface area (Å²) in [6, 6.07) is 0.691. The minimum absolute atomic E-state index is 0.691. The van der Waals surface area contributed by atoms with Crippen molar-refractivity contribution in [3.05, 3.63) is 0 Å². The lowest BCUT2D eigenvalue weighted by Crippen LogP contribution is -2.32. The van der Waals surface area contributed by atoms with E-state index >= 15 is 0 Å². The number of nitrogens with one attached hydrogen (secondary N) is 1. The van der Waals surface area contributed by atoms with Crippen LogP contribution in [0.2, 0.25) is 0 Å². The molecule has 0 bridgehead atoms. The molecule has 1 nitrogen and oxygen atoms in total. The molecule has 0 fully saturated rings. The number of hydrogen-bond acceptors (Lipinski definition) is 1. The molecule has 0 aliphatic rings. The first kappa shape index (κ1) is 12.0. The van der Waals surface area contributed by atoms with Crippen LogP contribution in [0.1, 0.15) is 53.4 Å². The van der Waals surface area contributed by atoms with Gasteiger partial charge in [0.15, 0.2) is 0 Å². The van der Waals surface area contributed by atoms with Gasteiger partial charge in [-0.1, -0.05) is 33.6 Å². The van der Waals surface area contributed by atoms with Crippen LogP contribution in [0.4, 0.5) is 0 Å². The summed E-state index contributed by atoms with van der Waals surface area (Å²) in [6.45, 7) is 10.3. The molecular weight excluding hydrogens is 146 g/mol. The summed E-state index contributed by atoms with van der Waals surface area (Å²) in [7, 11) is 0. The number of unbranched alkanes of at least 4 members (excludes halogenated alkanes) is 1. The maximum absolute atomic E-state index is 3.54. The summed E-state index contributed by atoms with van der Waals surface area (Å²) in [4.78, 5) is 0. The quantitative estimate of drug-likeness (QED) is 0.620. The highest BCUT2D eigenvalue weighted by Crippen LogP contribution is 2.11. The predicted octanol–water partition coefficient (Wildman–Crippen LogP) is 3.20. The average Bonchev–Trinajstić information content (AvgIpc) is 2.10. The highest BCUT2D eigenvalue weighted by Gasteiger charge is 2.09. The zero-order valence-electron chi connectivity index (χ0n) is 9.19. The third-order valence-electron chi connectivity index (χ3n) is 2.58. The van der Waals surface area contributed by atoms with Crippen LogP contribution in [0.3, 0.4) is 0 Å². The van der Waals surface area contributed by atoms with Gasteiger partial charge in [-0.2, -0.15) is 0 Å². The van der Waals surface area contributed by atoms with Crippen LogP contribution >= 0.6 is 0 Å². The second kappa shape index (κ2) is 7.60. The van der Waals surface area contributed by atoms with Gasteiger partial charge >= 0.3 is 0 Å². The van der Waals surface area contributed by atoms with Gasteiger partial charge in [0.2, 0.25) is 0 Å². The van der Waals surface area contributed by atoms with Gasteiger partial charge in [-0.05, 0) is 32.2 Å². The molecule has 0 saturated carbocycles. The van der Waals surface area contributed by atoms with E-state index < -0.39 is 0 Å². The van der Waals surface area contributed by atoms with E-state index in [9.17, 15) is 0 Å². The van der Waals surface area contributed by atoms with Crippen molar-refractivity contribution >= 4 is 0 Å². The van der Waals surface area contributed by atoms with E-state index in [1.807, 2.05) is 0 Å². The van der Waals surface area contributed by atoms with E-state index in [0.29, 0.717) is 6.04 Å². The van der Waals surface area contributed by atoms with Crippen LogP contribution in [0.15, 0.2) is 0 Å². The molecule has 1 N–H and O–H groups in total. The first-order valence-corrected chi connectivity index (χ1v) is 5.45. The average molecular weight is 171 g/mol. The highest BCUT2D eigenvalue weighted by molar-refractivity contribution is 4.67. The van der Waals surface area contributed by atoms with Crippen molar-refractivity contribution in [2.75, 3.05) is 6.54 Å². The molecule has 0 radical (unpaired) electrons. The lowest BCUT2D eigenvalue weighted by Gasteiger charge is -2.20. The first-order chi connectivity index (χ1) is 5.72. The van der Waals surface area contributed by atoms with E-state index in [2.05, 4.69) is 33.0 Å². The van der Waals surface area contributed by atoms with E-state index in [4.69, 9.17) is 0 Å². The van der Waals surface area contributed by atoms with E-state index in [0.717, 1.165) is 12.5 Å². The van der Waals surface area contributed by atoms with Crippen molar-refractivity contribution < 1.29 is 0 Å². The lowest BCUT2D eigenvalue weighted by atomic mass is 9.97. The van der Waals surface area contributed by atoms with Gasteiger partial charge < -0.3 is 5.32 Å². The molecule has 0 aromatic rings. The second-order valence-corrected chi connectivity index (χ2v) is 3.86. The Morgan fingerprint density at radius 2 is 1.75 bits per heavy atom. The number of hydrogen-bond donors (Lipinski definition) is 1. The molecule has 0 aliphatic heterocycles. The zero-order valence-corrected chi connectivity index (χ0v) is 9.19. The Morgan fingerprint density at radius 1 is 1.08 bits per heavy atom. The molecule has 2 atom stereocenters. The number of rotatable bonds is 7. The normalized spacial score (nSPS) is 16.0. The Bertz CT molecular complexity index is 79.0. The molecule has 1 heteroatoms. The Labute approximate surface area is 77.9 Å². The third kappa shape index (κ3) is 5.59. The van der Waals surface area contributed by atoms with Crippen molar-refractivity contribution in [3.8, 4) is 0 Å². The fraction of sp³-hybridized carbons (Fsp3) is 1.00. The van der Waals surface area contributed by atoms with Crippen LogP contribution < -0.4 is 5.32 Å². The van der Waals surface area contributed by atoms with Gasteiger partial charge in [0.1, 0.15) is 0 Å². The minimum Gasteiger partial charge on any atom is -0.314 e. The molecule has 0 aliphatic carbocycles. The molecule has 0 aromatic carbocycles. The summed E-state index contributed by atoms with van der Waals surface area (Å²) >= 11 is 0. The van der Waals surface area contributed by atoms with Crippen LogP contribution in [-0.2, 0) is 0 Å². The summed E-state index contributed by atoms with van der Waals surface area (Å²) in [5.74, 6) is 0.830. The molecule has 0 rings (SSSR count). The first-order valence-electron chi connectivity index (χ1n) is 5.45. The van der Waals surface area contributed by atoms with Crippen LogP contribution in [0.25, 0.3) is 0 Å². The SMILES string of the molecule is CCCCC(C)C(C)NCCC. The predicted molar refractivity (Wildman–Crippen MR) is 56.4 cm³/mol. The second-order valence-electron chi connectivity index (χ2n) is 3.86. The molecule has 0 heterocycles. The van der Waals surface area contributed by atoms with E-state index in [-0.39, 0.29) is 0 Å². The molecule has 0 aromatic heterocycles. The largest absolute Gasteiger partial charge is 0.314 e. The maximum Gasteiger partial charge on any atom is 0.00643 e. The Kier molecular flexibility index (Phi) is 7.58. The van der Waals surface area contributed by atoms with E-state index in [1.54, 1.807) is 0 Å². The summed E-state index contributed by atoms with van der Waals surface area (Å²) in [5.41, 5.74) is 0. The smallest absolute Gasteiger partial charge is 0.00643 e. The zero-order chi connectivity index (χ0) is 9.40. The molecule has 12 heavy (non-hydrogen) atoms. The van der Waals surface area contributed by atoms with Gasteiger partial charge in [0, 0.05) is 6.04 Å². The van der Waals surface area contributed by atoms with Crippen molar-refractivity contribution in [2.24, 2.45) is 5.92 Å². The Hall–Kier alpha value is -0.0400. The Morgan fingerprint density at radius 3 is 2.25 bits per heavy atom. The van der Waals surface area contributed by atoms with Gasteiger partial charge in [0.05, 0.1) is 0 Å². The van der Waals surface area contributed by atoms with Crippen LogP contribution in [-0.4, -0.2) is 12.6 Å². The van der Waals surface area contributed by atoms with E-state index in [1.165, 1.54) is 25.7 Å². The van der Waals surface area contributed by atoms with Gasteiger partial charge in [0.25, 0.3) is 0 Å². The topological polar surface area (TPSA) is 12.0 Å². The fourth-order valence-corrected chi connectivity index (χ4v) is 1.35. The van der Waals surface area contributed by atoms with Crippen LogP contribution in [0.5, 0.6) is 0 Å². The van der Waals surface area contributed by atoms with Crippen LogP contribution in [0, 0.1) is 5.92 Å². The molecular formula is C11H25N. The molecule has 74 valence electrons. The molecule has 2 unspecified atom stereocenters. The summed E-state index contributed by atoms with van der Waals surface area (Å²) < 4.78 is 0. The monoisotopic (exact) mass is 171 g/mol. The van der Waals surface area contributed by atoms with Gasteiger partial charge in [-0.25, -0.2) is 0 Å². The van der Waals surface area contributed by atoms with Crippen molar-refractivity contribution in [2.45, 2.75) is 59.4 Å². The summed E-state index contributed by atoms with van der Waals surface area (Å²) in [6.07, 6.45) is 5.31. The lowest BCUT2D eigenvalue weighted by molar-refractivity contribution is 0.371. The van der Waals surface area contributed by atoms with Crippen molar-refractivity contribution in [1.29, 1.82) is 0 Å². The standard InChI is InChI=1S/C11H25N/c1-5-7-8-10(3)11(4)12-9-6-2/h10-12H,5-9H2,1-4H3. The fourth-order valence-electron chi connectivity index (χ4n) is 1.35.